The standard InChI is InChI=1S/C33H56N2O4/c1-12-21(3)28-22(4)17-27(31(37)39-33(9,10)11)29(28)35-20-25-16-14-15-24(18-25)19-34-23(5)26(13-2)30(36)38-32(6,7)8/h14-16,18,21-23,26-29,34-35H,12-13,17,19-20H2,1-11H3. The molecule has 0 radical (unpaired) electrons. The zero-order chi connectivity index (χ0) is 29.5. The van der Waals surface area contributed by atoms with E-state index in [-0.39, 0.29) is 35.9 Å². The van der Waals surface area contributed by atoms with Crippen LogP contribution in [0.15, 0.2) is 24.3 Å². The van der Waals surface area contributed by atoms with Crippen LogP contribution in [-0.2, 0) is 32.2 Å². The second-order valence-corrected chi connectivity index (χ2v) is 13.8. The van der Waals surface area contributed by atoms with Crippen LogP contribution in [0.5, 0.6) is 0 Å². The second-order valence-electron chi connectivity index (χ2n) is 13.8. The van der Waals surface area contributed by atoms with Crippen molar-refractivity contribution in [1.82, 2.24) is 10.6 Å². The molecule has 1 fully saturated rings. The lowest BCUT2D eigenvalue weighted by Gasteiger charge is -2.32. The minimum Gasteiger partial charge on any atom is -0.460 e. The molecule has 2 rings (SSSR count). The van der Waals surface area contributed by atoms with E-state index in [9.17, 15) is 9.59 Å². The lowest BCUT2D eigenvalue weighted by atomic mass is 9.81. The van der Waals surface area contributed by atoms with E-state index in [0.29, 0.717) is 30.8 Å². The summed E-state index contributed by atoms with van der Waals surface area (Å²) in [6, 6.07) is 8.62. The summed E-state index contributed by atoms with van der Waals surface area (Å²) in [6.07, 6.45) is 2.68. The number of carbonyl (C=O) groups is 2. The van der Waals surface area contributed by atoms with E-state index in [0.717, 1.165) is 19.3 Å². The van der Waals surface area contributed by atoms with Gasteiger partial charge in [-0.2, -0.15) is 0 Å². The van der Waals surface area contributed by atoms with Gasteiger partial charge in [-0.1, -0.05) is 58.4 Å². The summed E-state index contributed by atoms with van der Waals surface area (Å²) in [7, 11) is 0. The fraction of sp³-hybridized carbons (Fsp3) is 0.758. The molecule has 7 unspecified atom stereocenters. The van der Waals surface area contributed by atoms with Gasteiger partial charge in [-0.25, -0.2) is 0 Å². The summed E-state index contributed by atoms with van der Waals surface area (Å²) in [6.45, 7) is 23.8. The largest absolute Gasteiger partial charge is 0.460 e. The quantitative estimate of drug-likeness (QED) is 0.287. The van der Waals surface area contributed by atoms with Crippen LogP contribution in [-0.4, -0.2) is 35.2 Å². The summed E-state index contributed by atoms with van der Waals surface area (Å²) in [4.78, 5) is 25.9. The van der Waals surface area contributed by atoms with Crippen molar-refractivity contribution in [3.05, 3.63) is 35.4 Å². The van der Waals surface area contributed by atoms with Crippen molar-refractivity contribution in [2.24, 2.45) is 29.6 Å². The molecule has 0 heterocycles. The molecule has 6 nitrogen and oxygen atoms in total. The van der Waals surface area contributed by atoms with Crippen LogP contribution >= 0.6 is 0 Å². The Morgan fingerprint density at radius 1 is 0.949 bits per heavy atom. The lowest BCUT2D eigenvalue weighted by Crippen LogP contribution is -2.44. The van der Waals surface area contributed by atoms with Crippen LogP contribution in [0.1, 0.15) is 107 Å². The maximum Gasteiger partial charge on any atom is 0.311 e. The number of hydrogen-bond donors (Lipinski definition) is 2. The molecule has 0 bridgehead atoms. The highest BCUT2D eigenvalue weighted by molar-refractivity contribution is 5.74. The predicted molar refractivity (Wildman–Crippen MR) is 159 cm³/mol. The molecule has 2 N–H and O–H groups in total. The van der Waals surface area contributed by atoms with E-state index in [2.05, 4.69) is 62.6 Å². The highest BCUT2D eigenvalue weighted by Gasteiger charge is 2.47. The van der Waals surface area contributed by atoms with Crippen molar-refractivity contribution in [3.8, 4) is 0 Å². The molecular formula is C33H56N2O4. The Morgan fingerprint density at radius 2 is 1.54 bits per heavy atom. The molecule has 1 aliphatic carbocycles. The topological polar surface area (TPSA) is 76.7 Å². The molecule has 39 heavy (non-hydrogen) atoms. The molecule has 0 aromatic heterocycles. The van der Waals surface area contributed by atoms with E-state index >= 15 is 0 Å². The third-order valence-electron chi connectivity index (χ3n) is 8.06. The van der Waals surface area contributed by atoms with Crippen molar-refractivity contribution in [2.75, 3.05) is 0 Å². The average molecular weight is 545 g/mol. The summed E-state index contributed by atoms with van der Waals surface area (Å²) < 4.78 is 11.5. The molecule has 0 saturated heterocycles. The Kier molecular flexibility index (Phi) is 12.0. The molecule has 222 valence electrons. The molecule has 7 atom stereocenters. The molecule has 0 amide bonds. The van der Waals surface area contributed by atoms with E-state index in [1.165, 1.54) is 11.1 Å². The van der Waals surface area contributed by atoms with E-state index in [4.69, 9.17) is 9.47 Å². The van der Waals surface area contributed by atoms with Gasteiger partial charge in [-0.05, 0) is 90.2 Å². The molecule has 1 aliphatic rings. The van der Waals surface area contributed by atoms with Crippen molar-refractivity contribution in [1.29, 1.82) is 0 Å². The molecular weight excluding hydrogens is 488 g/mol. The zero-order valence-corrected chi connectivity index (χ0v) is 26.5. The zero-order valence-electron chi connectivity index (χ0n) is 26.5. The number of rotatable bonds is 12. The molecule has 0 aliphatic heterocycles. The van der Waals surface area contributed by atoms with Gasteiger partial charge in [-0.15, -0.1) is 0 Å². The van der Waals surface area contributed by atoms with E-state index in [1.54, 1.807) is 0 Å². The summed E-state index contributed by atoms with van der Waals surface area (Å²) >= 11 is 0. The summed E-state index contributed by atoms with van der Waals surface area (Å²) in [5.41, 5.74) is 1.38. The van der Waals surface area contributed by atoms with Gasteiger partial charge in [0.25, 0.3) is 0 Å². The number of hydrogen-bond acceptors (Lipinski definition) is 6. The van der Waals surface area contributed by atoms with Gasteiger partial charge < -0.3 is 20.1 Å². The van der Waals surface area contributed by atoms with Gasteiger partial charge in [0, 0.05) is 25.2 Å². The van der Waals surface area contributed by atoms with Crippen LogP contribution < -0.4 is 10.6 Å². The Hall–Kier alpha value is -1.92. The highest BCUT2D eigenvalue weighted by atomic mass is 16.6. The SMILES string of the molecule is CCC(C)C1C(C)CC(C(=O)OC(C)(C)C)C1NCc1cccc(CNC(C)C(CC)C(=O)OC(C)(C)C)c1. The smallest absolute Gasteiger partial charge is 0.311 e. The predicted octanol–water partition coefficient (Wildman–Crippen LogP) is 6.65. The minimum atomic E-state index is -0.488. The maximum absolute atomic E-state index is 13.2. The highest BCUT2D eigenvalue weighted by Crippen LogP contribution is 2.43. The Bertz CT molecular complexity index is 932. The van der Waals surface area contributed by atoms with Gasteiger partial charge in [0.15, 0.2) is 0 Å². The van der Waals surface area contributed by atoms with Crippen LogP contribution in [0, 0.1) is 29.6 Å². The molecule has 6 heteroatoms. The van der Waals surface area contributed by atoms with Crippen molar-refractivity contribution >= 4 is 11.9 Å². The Balaban J connectivity index is 2.08. The summed E-state index contributed by atoms with van der Waals surface area (Å²) in [5, 5.41) is 7.32. The second kappa shape index (κ2) is 14.1. The van der Waals surface area contributed by atoms with Crippen LogP contribution in [0.4, 0.5) is 0 Å². The molecule has 1 aromatic carbocycles. The van der Waals surface area contributed by atoms with Gasteiger partial charge in [-0.3, -0.25) is 9.59 Å². The van der Waals surface area contributed by atoms with Crippen molar-refractivity contribution in [2.45, 2.75) is 132 Å². The van der Waals surface area contributed by atoms with Crippen molar-refractivity contribution < 1.29 is 19.1 Å². The Labute approximate surface area is 238 Å². The molecule has 1 saturated carbocycles. The number of benzene rings is 1. The van der Waals surface area contributed by atoms with Gasteiger partial charge in [0.2, 0.25) is 0 Å². The number of carbonyl (C=O) groups excluding carboxylic acids is 2. The van der Waals surface area contributed by atoms with Crippen molar-refractivity contribution in [3.63, 3.8) is 0 Å². The van der Waals surface area contributed by atoms with E-state index in [1.807, 2.05) is 48.5 Å². The number of esters is 2. The number of nitrogens with one attached hydrogen (secondary N) is 2. The van der Waals surface area contributed by atoms with Gasteiger partial charge >= 0.3 is 11.9 Å². The monoisotopic (exact) mass is 544 g/mol. The number of ether oxygens (including phenoxy) is 2. The molecule has 1 aromatic rings. The maximum atomic E-state index is 13.2. The first-order valence-corrected chi connectivity index (χ1v) is 15.1. The fourth-order valence-electron chi connectivity index (χ4n) is 6.02. The average Bonchev–Trinajstić information content (AvgIpc) is 3.15. The summed E-state index contributed by atoms with van der Waals surface area (Å²) in [5.74, 6) is 0.853. The minimum absolute atomic E-state index is 0.00233. The van der Waals surface area contributed by atoms with Gasteiger partial charge in [0.05, 0.1) is 11.8 Å². The lowest BCUT2D eigenvalue weighted by molar-refractivity contribution is -0.162. The van der Waals surface area contributed by atoms with Crippen LogP contribution in [0.3, 0.4) is 0 Å². The third-order valence-corrected chi connectivity index (χ3v) is 8.06. The first-order valence-electron chi connectivity index (χ1n) is 15.1. The first kappa shape index (κ1) is 33.3. The van der Waals surface area contributed by atoms with Gasteiger partial charge in [0.1, 0.15) is 11.2 Å². The third kappa shape index (κ3) is 10.2. The first-order chi connectivity index (χ1) is 18.1. The molecule has 0 spiro atoms. The van der Waals surface area contributed by atoms with E-state index < -0.39 is 11.2 Å². The van der Waals surface area contributed by atoms with Crippen LogP contribution in [0.25, 0.3) is 0 Å². The normalized spacial score (nSPS) is 24.2. The Morgan fingerprint density at radius 3 is 2.08 bits per heavy atom. The fourth-order valence-corrected chi connectivity index (χ4v) is 6.02. The van der Waals surface area contributed by atoms with Crippen LogP contribution in [0.2, 0.25) is 0 Å².